The summed E-state index contributed by atoms with van der Waals surface area (Å²) in [5.74, 6) is 1.70. The van der Waals surface area contributed by atoms with Gasteiger partial charge in [-0.3, -0.25) is 0 Å². The molecule has 0 atom stereocenters. The average Bonchev–Trinajstić information content (AvgIpc) is 3.54. The zero-order valence-corrected chi connectivity index (χ0v) is 22.4. The SMILES string of the molecule is C=C1c2[nH]c3cc(OC)ccc3c2CCN1C(c1ccccc1)N1CCc2c([nH]c3cc(OC)ccc23)C1=C. The number of benzene rings is 3. The van der Waals surface area contributed by atoms with Crippen LogP contribution in [0.25, 0.3) is 33.2 Å². The van der Waals surface area contributed by atoms with E-state index in [2.05, 4.69) is 87.5 Å². The molecule has 5 aromatic rings. The van der Waals surface area contributed by atoms with Crippen molar-refractivity contribution in [3.63, 3.8) is 0 Å². The van der Waals surface area contributed by atoms with E-state index in [0.29, 0.717) is 0 Å². The topological polar surface area (TPSA) is 56.5 Å². The Morgan fingerprint density at radius 1 is 0.692 bits per heavy atom. The van der Waals surface area contributed by atoms with E-state index in [0.717, 1.165) is 71.2 Å². The van der Waals surface area contributed by atoms with Gasteiger partial charge in [-0.2, -0.15) is 0 Å². The molecule has 2 aliphatic rings. The van der Waals surface area contributed by atoms with Gasteiger partial charge in [0.2, 0.25) is 0 Å². The maximum atomic E-state index is 5.47. The molecular formula is C33H32N4O2. The minimum atomic E-state index is -0.0330. The van der Waals surface area contributed by atoms with E-state index in [9.17, 15) is 0 Å². The van der Waals surface area contributed by atoms with Crippen molar-refractivity contribution in [1.82, 2.24) is 19.8 Å². The molecule has 196 valence electrons. The molecule has 39 heavy (non-hydrogen) atoms. The van der Waals surface area contributed by atoms with Crippen LogP contribution in [0.2, 0.25) is 0 Å². The Kier molecular flexibility index (Phi) is 5.44. The Balaban J connectivity index is 1.30. The van der Waals surface area contributed by atoms with Crippen LogP contribution in [0.1, 0.15) is 34.2 Å². The van der Waals surface area contributed by atoms with Gasteiger partial charge in [0.25, 0.3) is 0 Å². The highest BCUT2D eigenvalue weighted by Crippen LogP contribution is 2.44. The second kappa shape index (κ2) is 9.02. The first-order valence-electron chi connectivity index (χ1n) is 13.4. The summed E-state index contributed by atoms with van der Waals surface area (Å²) in [4.78, 5) is 12.2. The van der Waals surface area contributed by atoms with Crippen molar-refractivity contribution in [2.45, 2.75) is 19.0 Å². The molecule has 0 spiro atoms. The predicted octanol–water partition coefficient (Wildman–Crippen LogP) is 6.72. The molecule has 0 unspecified atom stereocenters. The summed E-state index contributed by atoms with van der Waals surface area (Å²) in [6, 6.07) is 23.2. The van der Waals surface area contributed by atoms with Gasteiger partial charge in [0.15, 0.2) is 0 Å². The monoisotopic (exact) mass is 516 g/mol. The molecule has 7 rings (SSSR count). The Bertz CT molecular complexity index is 1640. The minimum absolute atomic E-state index is 0.0330. The first-order chi connectivity index (χ1) is 19.1. The summed E-state index contributed by atoms with van der Waals surface area (Å²) in [5, 5.41) is 2.48. The molecule has 0 fully saturated rings. The first-order valence-corrected chi connectivity index (χ1v) is 13.4. The number of ether oxygens (including phenoxy) is 2. The number of hydrogen-bond donors (Lipinski definition) is 2. The summed E-state index contributed by atoms with van der Waals surface area (Å²) < 4.78 is 10.9. The van der Waals surface area contributed by atoms with E-state index >= 15 is 0 Å². The van der Waals surface area contributed by atoms with Gasteiger partial charge in [0.1, 0.15) is 17.7 Å². The number of fused-ring (bicyclic) bond motifs is 6. The summed E-state index contributed by atoms with van der Waals surface area (Å²) >= 11 is 0. The normalized spacial score (nSPS) is 15.3. The van der Waals surface area contributed by atoms with E-state index < -0.39 is 0 Å². The number of H-pyrrole nitrogens is 2. The Labute approximate surface area is 228 Å². The third-order valence-electron chi connectivity index (χ3n) is 8.39. The number of rotatable bonds is 5. The molecular weight excluding hydrogens is 484 g/mol. The molecule has 0 bridgehead atoms. The lowest BCUT2D eigenvalue weighted by Gasteiger charge is -2.46. The van der Waals surface area contributed by atoms with Crippen molar-refractivity contribution in [2.75, 3.05) is 27.3 Å². The summed E-state index contributed by atoms with van der Waals surface area (Å²) in [5.41, 5.74) is 10.2. The molecule has 6 nitrogen and oxygen atoms in total. The summed E-state index contributed by atoms with van der Waals surface area (Å²) in [6.45, 7) is 11.0. The molecule has 4 heterocycles. The second-order valence-electron chi connectivity index (χ2n) is 10.3. The van der Waals surface area contributed by atoms with Crippen LogP contribution in [0.4, 0.5) is 0 Å². The highest BCUT2D eigenvalue weighted by atomic mass is 16.5. The summed E-state index contributed by atoms with van der Waals surface area (Å²) in [6.07, 6.45) is 1.83. The van der Waals surface area contributed by atoms with Gasteiger partial charge in [-0.1, -0.05) is 43.5 Å². The number of aromatic nitrogens is 2. The lowest BCUT2D eigenvalue weighted by Crippen LogP contribution is -2.44. The van der Waals surface area contributed by atoms with Crippen molar-refractivity contribution < 1.29 is 9.47 Å². The van der Waals surface area contributed by atoms with E-state index in [4.69, 9.17) is 9.47 Å². The second-order valence-corrected chi connectivity index (χ2v) is 10.3. The Morgan fingerprint density at radius 2 is 1.18 bits per heavy atom. The highest BCUT2D eigenvalue weighted by molar-refractivity contribution is 5.92. The van der Waals surface area contributed by atoms with E-state index in [-0.39, 0.29) is 6.17 Å². The van der Waals surface area contributed by atoms with Gasteiger partial charge >= 0.3 is 0 Å². The molecule has 2 aromatic heterocycles. The van der Waals surface area contributed by atoms with Gasteiger partial charge in [0, 0.05) is 47.0 Å². The first kappa shape index (κ1) is 23.5. The van der Waals surface area contributed by atoms with Gasteiger partial charge in [-0.15, -0.1) is 0 Å². The zero-order valence-electron chi connectivity index (χ0n) is 22.4. The van der Waals surface area contributed by atoms with E-state index in [1.165, 1.54) is 27.5 Å². The predicted molar refractivity (Wildman–Crippen MR) is 158 cm³/mol. The lowest BCUT2D eigenvalue weighted by atomic mass is 9.96. The number of hydrogen-bond acceptors (Lipinski definition) is 4. The smallest absolute Gasteiger partial charge is 0.128 e. The molecule has 3 aromatic carbocycles. The standard InChI is InChI=1S/C33H32N4O2/c1-20-31-27(25-12-10-23(38-3)18-29(25)34-31)14-16-36(20)33(22-8-6-5-7-9-22)37-17-15-28-26-13-11-24(39-4)19-30(26)35-32(28)21(37)2/h5-13,18-19,33-35H,1-2,14-17H2,3-4H3. The number of aromatic amines is 2. The third-order valence-corrected chi connectivity index (χ3v) is 8.39. The fourth-order valence-corrected chi connectivity index (χ4v) is 6.45. The van der Waals surface area contributed by atoms with Crippen molar-refractivity contribution in [3.8, 4) is 11.5 Å². The Hall–Kier alpha value is -4.58. The van der Waals surface area contributed by atoms with E-state index in [1.807, 2.05) is 12.1 Å². The number of methoxy groups -OCH3 is 2. The quantitative estimate of drug-likeness (QED) is 0.272. The fourth-order valence-electron chi connectivity index (χ4n) is 6.45. The van der Waals surface area contributed by atoms with Crippen LogP contribution >= 0.6 is 0 Å². The van der Waals surface area contributed by atoms with Crippen LogP contribution < -0.4 is 9.47 Å². The number of nitrogens with one attached hydrogen (secondary N) is 2. The van der Waals surface area contributed by atoms with Gasteiger partial charge in [0.05, 0.1) is 37.0 Å². The highest BCUT2D eigenvalue weighted by Gasteiger charge is 2.36. The van der Waals surface area contributed by atoms with Gasteiger partial charge in [-0.05, 0) is 53.8 Å². The molecule has 0 radical (unpaired) electrons. The average molecular weight is 517 g/mol. The summed E-state index contributed by atoms with van der Waals surface area (Å²) in [7, 11) is 3.41. The lowest BCUT2D eigenvalue weighted by molar-refractivity contribution is 0.135. The molecule has 0 saturated carbocycles. The molecule has 0 aliphatic carbocycles. The van der Waals surface area contributed by atoms with E-state index in [1.54, 1.807) is 14.2 Å². The van der Waals surface area contributed by atoms with Crippen molar-refractivity contribution in [3.05, 3.63) is 108 Å². The molecule has 0 saturated heterocycles. The van der Waals surface area contributed by atoms with Gasteiger partial charge in [-0.25, -0.2) is 0 Å². The van der Waals surface area contributed by atoms with Crippen molar-refractivity contribution >= 4 is 33.2 Å². The van der Waals surface area contributed by atoms with Crippen LogP contribution in [-0.2, 0) is 12.8 Å². The maximum absolute atomic E-state index is 5.47. The van der Waals surface area contributed by atoms with Crippen LogP contribution in [-0.4, -0.2) is 47.1 Å². The van der Waals surface area contributed by atoms with Crippen LogP contribution in [0, 0.1) is 0 Å². The molecule has 2 aliphatic heterocycles. The van der Waals surface area contributed by atoms with Crippen molar-refractivity contribution in [2.24, 2.45) is 0 Å². The largest absolute Gasteiger partial charge is 0.497 e. The maximum Gasteiger partial charge on any atom is 0.128 e. The molecule has 6 heteroatoms. The van der Waals surface area contributed by atoms with Crippen LogP contribution in [0.3, 0.4) is 0 Å². The minimum Gasteiger partial charge on any atom is -0.497 e. The van der Waals surface area contributed by atoms with Crippen LogP contribution in [0.5, 0.6) is 11.5 Å². The fraction of sp³-hybridized carbons (Fsp3) is 0.212. The third kappa shape index (κ3) is 3.62. The molecule has 2 N–H and O–H groups in total. The van der Waals surface area contributed by atoms with Crippen molar-refractivity contribution in [1.29, 1.82) is 0 Å². The van der Waals surface area contributed by atoms with Gasteiger partial charge < -0.3 is 29.2 Å². The Morgan fingerprint density at radius 3 is 1.64 bits per heavy atom. The van der Waals surface area contributed by atoms with Crippen LogP contribution in [0.15, 0.2) is 79.9 Å². The molecule has 0 amide bonds. The number of nitrogens with zero attached hydrogens (tertiary/aromatic N) is 2. The zero-order chi connectivity index (χ0) is 26.7.